The van der Waals surface area contributed by atoms with Crippen LogP contribution in [0.2, 0.25) is 5.02 Å². The van der Waals surface area contributed by atoms with Gasteiger partial charge in [0, 0.05) is 5.69 Å². The number of phenolic OH excluding ortho intramolecular Hbond substituents is 1. The summed E-state index contributed by atoms with van der Waals surface area (Å²) in [6.07, 6.45) is 0. The molecule has 0 atom stereocenters. The molecule has 5 nitrogen and oxygen atoms in total. The zero-order valence-electron chi connectivity index (χ0n) is 10.7. The van der Waals surface area contributed by atoms with Crippen molar-refractivity contribution in [2.24, 2.45) is 0 Å². The van der Waals surface area contributed by atoms with Crippen LogP contribution in [0.25, 0.3) is 0 Å². The number of rotatable bonds is 3. The maximum absolute atomic E-state index is 12.1. The molecule has 0 unspecified atom stereocenters. The second-order valence-corrected chi connectivity index (χ2v) is 4.48. The Morgan fingerprint density at radius 1 is 1.30 bits per heavy atom. The third-order valence-electron chi connectivity index (χ3n) is 2.69. The van der Waals surface area contributed by atoms with Crippen molar-refractivity contribution < 1.29 is 14.6 Å². The molecule has 2 aromatic carbocycles. The summed E-state index contributed by atoms with van der Waals surface area (Å²) in [5.74, 6) is -0.167. The van der Waals surface area contributed by atoms with Gasteiger partial charge in [0.05, 0.1) is 23.4 Å². The average Bonchev–Trinajstić information content (AvgIpc) is 2.42. The van der Waals surface area contributed by atoms with E-state index in [1.165, 1.54) is 25.3 Å². The number of methoxy groups -OCH3 is 1. The summed E-state index contributed by atoms with van der Waals surface area (Å²) in [6.45, 7) is 0. The van der Waals surface area contributed by atoms with E-state index in [1.54, 1.807) is 18.2 Å². The van der Waals surface area contributed by atoms with E-state index < -0.39 is 5.91 Å². The second-order valence-electron chi connectivity index (χ2n) is 4.08. The van der Waals surface area contributed by atoms with Crippen LogP contribution in [0.1, 0.15) is 10.4 Å². The van der Waals surface area contributed by atoms with Gasteiger partial charge in [-0.15, -0.1) is 0 Å². The Bertz CT molecular complexity index is 659. The van der Waals surface area contributed by atoms with Crippen molar-refractivity contribution in [3.05, 3.63) is 47.0 Å². The zero-order valence-corrected chi connectivity index (χ0v) is 11.4. The quantitative estimate of drug-likeness (QED) is 0.759. The van der Waals surface area contributed by atoms with Crippen LogP contribution in [0.3, 0.4) is 0 Å². The predicted molar refractivity (Wildman–Crippen MR) is 78.5 cm³/mol. The van der Waals surface area contributed by atoms with Crippen molar-refractivity contribution in [3.8, 4) is 11.5 Å². The molecule has 104 valence electrons. The number of carbonyl (C=O) groups is 1. The van der Waals surface area contributed by atoms with Crippen LogP contribution in [0.4, 0.5) is 11.4 Å². The van der Waals surface area contributed by atoms with Crippen molar-refractivity contribution in [2.45, 2.75) is 0 Å². The van der Waals surface area contributed by atoms with E-state index in [0.717, 1.165) is 0 Å². The molecule has 0 spiro atoms. The van der Waals surface area contributed by atoms with E-state index in [2.05, 4.69) is 5.32 Å². The Balaban J connectivity index is 2.28. The zero-order chi connectivity index (χ0) is 14.7. The minimum Gasteiger partial charge on any atom is -0.507 e. The maximum atomic E-state index is 12.1. The number of hydrogen-bond acceptors (Lipinski definition) is 4. The Morgan fingerprint density at radius 3 is 2.70 bits per heavy atom. The Morgan fingerprint density at radius 2 is 2.05 bits per heavy atom. The van der Waals surface area contributed by atoms with E-state index in [-0.39, 0.29) is 11.3 Å². The van der Waals surface area contributed by atoms with Gasteiger partial charge in [0.25, 0.3) is 5.91 Å². The first-order chi connectivity index (χ1) is 9.51. The van der Waals surface area contributed by atoms with E-state index in [9.17, 15) is 9.90 Å². The summed E-state index contributed by atoms with van der Waals surface area (Å²) in [5, 5.41) is 12.6. The minimum absolute atomic E-state index is 0.0947. The van der Waals surface area contributed by atoms with Crippen molar-refractivity contribution in [2.75, 3.05) is 18.2 Å². The van der Waals surface area contributed by atoms with Crippen LogP contribution in [-0.4, -0.2) is 18.1 Å². The molecule has 0 aliphatic carbocycles. The summed E-state index contributed by atoms with van der Waals surface area (Å²) < 4.78 is 5.02. The number of anilines is 2. The third-order valence-corrected chi connectivity index (χ3v) is 3.00. The number of benzene rings is 2. The molecule has 0 saturated carbocycles. The highest BCUT2D eigenvalue weighted by Crippen LogP contribution is 2.27. The van der Waals surface area contributed by atoms with Gasteiger partial charge in [-0.05, 0) is 36.4 Å². The van der Waals surface area contributed by atoms with Gasteiger partial charge in [0.2, 0.25) is 0 Å². The lowest BCUT2D eigenvalue weighted by atomic mass is 10.1. The van der Waals surface area contributed by atoms with E-state index in [0.29, 0.717) is 22.1 Å². The fourth-order valence-corrected chi connectivity index (χ4v) is 1.88. The first-order valence-corrected chi connectivity index (χ1v) is 6.12. The number of nitrogens with two attached hydrogens (primary N) is 1. The smallest absolute Gasteiger partial charge is 0.259 e. The van der Waals surface area contributed by atoms with Crippen LogP contribution < -0.4 is 15.8 Å². The van der Waals surface area contributed by atoms with E-state index >= 15 is 0 Å². The van der Waals surface area contributed by atoms with Crippen molar-refractivity contribution in [3.63, 3.8) is 0 Å². The molecular weight excluding hydrogens is 280 g/mol. The summed E-state index contributed by atoms with van der Waals surface area (Å²) in [4.78, 5) is 12.1. The first kappa shape index (κ1) is 14.0. The Labute approximate surface area is 120 Å². The van der Waals surface area contributed by atoms with Gasteiger partial charge in [-0.2, -0.15) is 0 Å². The highest BCUT2D eigenvalue weighted by molar-refractivity contribution is 6.34. The molecule has 0 bridgehead atoms. The van der Waals surface area contributed by atoms with Crippen molar-refractivity contribution >= 4 is 28.9 Å². The average molecular weight is 293 g/mol. The fraction of sp³-hybridized carbons (Fsp3) is 0.0714. The van der Waals surface area contributed by atoms with Crippen molar-refractivity contribution in [1.29, 1.82) is 0 Å². The molecule has 2 aromatic rings. The van der Waals surface area contributed by atoms with Crippen LogP contribution in [0, 0.1) is 0 Å². The lowest BCUT2D eigenvalue weighted by Crippen LogP contribution is -2.12. The molecule has 0 fully saturated rings. The number of amides is 1. The molecule has 0 heterocycles. The van der Waals surface area contributed by atoms with E-state index in [1.807, 2.05) is 0 Å². The molecule has 0 radical (unpaired) electrons. The molecule has 6 heteroatoms. The summed E-state index contributed by atoms with van der Waals surface area (Å²) in [6, 6.07) is 9.12. The maximum Gasteiger partial charge on any atom is 0.259 e. The normalized spacial score (nSPS) is 10.1. The fourth-order valence-electron chi connectivity index (χ4n) is 1.65. The van der Waals surface area contributed by atoms with Crippen LogP contribution in [0.15, 0.2) is 36.4 Å². The molecule has 2 rings (SSSR count). The largest absolute Gasteiger partial charge is 0.507 e. The second kappa shape index (κ2) is 5.71. The highest BCUT2D eigenvalue weighted by Gasteiger charge is 2.14. The number of carbonyl (C=O) groups excluding carboxylic acids is 1. The third kappa shape index (κ3) is 2.95. The van der Waals surface area contributed by atoms with Gasteiger partial charge in [0.15, 0.2) is 0 Å². The predicted octanol–water partition coefficient (Wildman–Crippen LogP) is 2.89. The van der Waals surface area contributed by atoms with Crippen LogP contribution >= 0.6 is 11.6 Å². The van der Waals surface area contributed by atoms with Crippen LogP contribution in [0.5, 0.6) is 11.5 Å². The van der Waals surface area contributed by atoms with Gasteiger partial charge in [-0.3, -0.25) is 4.79 Å². The van der Waals surface area contributed by atoms with E-state index in [4.69, 9.17) is 22.1 Å². The Kier molecular flexibility index (Phi) is 4.00. The van der Waals surface area contributed by atoms with Gasteiger partial charge in [-0.25, -0.2) is 0 Å². The molecule has 0 aliphatic heterocycles. The van der Waals surface area contributed by atoms with Gasteiger partial charge in [-0.1, -0.05) is 11.6 Å². The molecule has 4 N–H and O–H groups in total. The molecule has 20 heavy (non-hydrogen) atoms. The van der Waals surface area contributed by atoms with Crippen molar-refractivity contribution in [1.82, 2.24) is 0 Å². The molecule has 1 amide bonds. The summed E-state index contributed by atoms with van der Waals surface area (Å²) in [5.41, 5.74) is 6.58. The number of ether oxygens (including phenoxy) is 1. The Hall–Kier alpha value is -2.40. The van der Waals surface area contributed by atoms with Crippen LogP contribution in [-0.2, 0) is 0 Å². The number of hydrogen-bond donors (Lipinski definition) is 3. The highest BCUT2D eigenvalue weighted by atomic mass is 35.5. The molecule has 0 aromatic heterocycles. The summed E-state index contributed by atoms with van der Waals surface area (Å²) in [7, 11) is 1.48. The number of nitrogens with one attached hydrogen (secondary N) is 1. The number of aromatic hydroxyl groups is 1. The van der Waals surface area contributed by atoms with Gasteiger partial charge in [0.1, 0.15) is 11.5 Å². The summed E-state index contributed by atoms with van der Waals surface area (Å²) >= 11 is 5.98. The topological polar surface area (TPSA) is 84.6 Å². The monoisotopic (exact) mass is 292 g/mol. The lowest BCUT2D eigenvalue weighted by molar-refractivity contribution is 0.102. The minimum atomic E-state index is -0.493. The molecular formula is C14H13ClN2O3. The lowest BCUT2D eigenvalue weighted by Gasteiger charge is -2.10. The molecule has 0 aliphatic rings. The van der Waals surface area contributed by atoms with Gasteiger partial charge >= 0.3 is 0 Å². The SMILES string of the molecule is COc1ccc(O)c(C(=O)Nc2ccc(N)cc2Cl)c1. The van der Waals surface area contributed by atoms with Gasteiger partial charge < -0.3 is 20.9 Å². The molecule has 0 saturated heterocycles. The number of nitrogen functional groups attached to an aromatic ring is 1. The first-order valence-electron chi connectivity index (χ1n) is 5.74. The number of phenols is 1. The number of halogens is 1. The standard InChI is InChI=1S/C14H13ClN2O3/c1-20-9-3-5-13(18)10(7-9)14(19)17-12-4-2-8(16)6-11(12)15/h2-7,18H,16H2,1H3,(H,17,19).